The van der Waals surface area contributed by atoms with Gasteiger partial charge in [-0.15, -0.1) is 0 Å². The maximum absolute atomic E-state index is 5.50. The molecular formula is C14H18N2O. The molecule has 0 fully saturated rings. The number of benzene rings is 1. The zero-order chi connectivity index (χ0) is 12.1. The molecule has 1 heterocycles. The Morgan fingerprint density at radius 1 is 1.29 bits per heavy atom. The van der Waals surface area contributed by atoms with Gasteiger partial charge in [0.15, 0.2) is 0 Å². The number of ether oxygens (including phenoxy) is 1. The molecule has 1 atom stereocenters. The predicted molar refractivity (Wildman–Crippen MR) is 71.3 cm³/mol. The lowest BCUT2D eigenvalue weighted by atomic mass is 10.2. The molecule has 1 aromatic heterocycles. The second kappa shape index (κ2) is 5.64. The first-order valence-electron chi connectivity index (χ1n) is 6.00. The third-order valence-electron chi connectivity index (χ3n) is 2.68. The molecule has 0 bridgehead atoms. The van der Waals surface area contributed by atoms with Gasteiger partial charge in [-0.05, 0) is 26.0 Å². The standard InChI is InChI=1S/C14H18N2O/c1-3-17-11(2)10-16-14-8-9-15-13-7-5-4-6-12(13)14/h4-9,11H,3,10H2,1-2H3,(H,15,16). The molecule has 0 saturated carbocycles. The van der Waals surface area contributed by atoms with Gasteiger partial charge >= 0.3 is 0 Å². The minimum absolute atomic E-state index is 0.215. The molecule has 1 unspecified atom stereocenters. The molecule has 0 spiro atoms. The summed E-state index contributed by atoms with van der Waals surface area (Å²) >= 11 is 0. The smallest absolute Gasteiger partial charge is 0.0722 e. The van der Waals surface area contributed by atoms with E-state index >= 15 is 0 Å². The van der Waals surface area contributed by atoms with Crippen molar-refractivity contribution >= 4 is 16.6 Å². The first-order chi connectivity index (χ1) is 8.31. The Hall–Kier alpha value is -1.61. The van der Waals surface area contributed by atoms with E-state index in [0.717, 1.165) is 29.7 Å². The highest BCUT2D eigenvalue weighted by Gasteiger charge is 2.03. The number of nitrogens with zero attached hydrogens (tertiary/aromatic N) is 1. The number of nitrogens with one attached hydrogen (secondary N) is 1. The van der Waals surface area contributed by atoms with Crippen LogP contribution in [0.1, 0.15) is 13.8 Å². The summed E-state index contributed by atoms with van der Waals surface area (Å²) in [5.41, 5.74) is 2.13. The Labute approximate surface area is 102 Å². The average Bonchev–Trinajstić information content (AvgIpc) is 2.36. The maximum atomic E-state index is 5.50. The first-order valence-corrected chi connectivity index (χ1v) is 6.00. The molecule has 2 rings (SSSR count). The monoisotopic (exact) mass is 230 g/mol. The zero-order valence-electron chi connectivity index (χ0n) is 10.3. The van der Waals surface area contributed by atoms with E-state index in [1.807, 2.05) is 37.4 Å². The van der Waals surface area contributed by atoms with Crippen molar-refractivity contribution in [2.75, 3.05) is 18.5 Å². The van der Waals surface area contributed by atoms with Crippen LogP contribution in [0.25, 0.3) is 10.9 Å². The van der Waals surface area contributed by atoms with Crippen molar-refractivity contribution in [3.63, 3.8) is 0 Å². The molecule has 1 aromatic carbocycles. The van der Waals surface area contributed by atoms with E-state index in [2.05, 4.69) is 23.3 Å². The van der Waals surface area contributed by atoms with Crippen LogP contribution in [0.2, 0.25) is 0 Å². The molecule has 0 aliphatic rings. The molecule has 0 amide bonds. The second-order valence-electron chi connectivity index (χ2n) is 4.02. The fourth-order valence-corrected chi connectivity index (χ4v) is 1.85. The van der Waals surface area contributed by atoms with Crippen molar-refractivity contribution in [1.82, 2.24) is 4.98 Å². The van der Waals surface area contributed by atoms with Gasteiger partial charge in [-0.2, -0.15) is 0 Å². The number of hydrogen-bond donors (Lipinski definition) is 1. The Bertz CT molecular complexity index is 479. The normalized spacial score (nSPS) is 12.6. The van der Waals surface area contributed by atoms with Crippen LogP contribution in [-0.2, 0) is 4.74 Å². The minimum Gasteiger partial charge on any atom is -0.382 e. The Balaban J connectivity index is 2.13. The number of rotatable bonds is 5. The number of pyridine rings is 1. The highest BCUT2D eigenvalue weighted by molar-refractivity contribution is 5.90. The molecular weight excluding hydrogens is 212 g/mol. The minimum atomic E-state index is 0.215. The third-order valence-corrected chi connectivity index (χ3v) is 2.68. The van der Waals surface area contributed by atoms with Crippen LogP contribution in [0, 0.1) is 0 Å². The Morgan fingerprint density at radius 3 is 2.94 bits per heavy atom. The van der Waals surface area contributed by atoms with Crippen LogP contribution in [-0.4, -0.2) is 24.2 Å². The van der Waals surface area contributed by atoms with E-state index in [0.29, 0.717) is 0 Å². The SMILES string of the molecule is CCOC(C)CNc1ccnc2ccccc12. The van der Waals surface area contributed by atoms with Crippen LogP contribution in [0.4, 0.5) is 5.69 Å². The number of aromatic nitrogens is 1. The highest BCUT2D eigenvalue weighted by atomic mass is 16.5. The number of hydrogen-bond acceptors (Lipinski definition) is 3. The van der Waals surface area contributed by atoms with E-state index in [1.165, 1.54) is 0 Å². The summed E-state index contributed by atoms with van der Waals surface area (Å²) in [6.45, 7) is 5.64. The number of para-hydroxylation sites is 1. The van der Waals surface area contributed by atoms with E-state index in [9.17, 15) is 0 Å². The van der Waals surface area contributed by atoms with Crippen molar-refractivity contribution in [2.24, 2.45) is 0 Å². The van der Waals surface area contributed by atoms with Crippen LogP contribution in [0.3, 0.4) is 0 Å². The number of fused-ring (bicyclic) bond motifs is 1. The van der Waals surface area contributed by atoms with E-state index in [-0.39, 0.29) is 6.10 Å². The summed E-state index contributed by atoms with van der Waals surface area (Å²) in [6.07, 6.45) is 2.04. The lowest BCUT2D eigenvalue weighted by Crippen LogP contribution is -2.19. The van der Waals surface area contributed by atoms with Gasteiger partial charge in [0.25, 0.3) is 0 Å². The van der Waals surface area contributed by atoms with Gasteiger partial charge in [-0.25, -0.2) is 0 Å². The predicted octanol–water partition coefficient (Wildman–Crippen LogP) is 3.07. The van der Waals surface area contributed by atoms with Crippen LogP contribution in [0.5, 0.6) is 0 Å². The van der Waals surface area contributed by atoms with Gasteiger partial charge in [-0.3, -0.25) is 4.98 Å². The maximum Gasteiger partial charge on any atom is 0.0722 e. The van der Waals surface area contributed by atoms with Crippen molar-refractivity contribution in [3.8, 4) is 0 Å². The molecule has 1 N–H and O–H groups in total. The largest absolute Gasteiger partial charge is 0.382 e. The van der Waals surface area contributed by atoms with Crippen molar-refractivity contribution < 1.29 is 4.74 Å². The second-order valence-corrected chi connectivity index (χ2v) is 4.02. The topological polar surface area (TPSA) is 34.1 Å². The third kappa shape index (κ3) is 2.94. The van der Waals surface area contributed by atoms with E-state index < -0.39 is 0 Å². The molecule has 0 aliphatic carbocycles. The van der Waals surface area contributed by atoms with Gasteiger partial charge in [0.05, 0.1) is 11.6 Å². The zero-order valence-corrected chi connectivity index (χ0v) is 10.3. The van der Waals surface area contributed by atoms with Crippen LogP contribution >= 0.6 is 0 Å². The molecule has 90 valence electrons. The van der Waals surface area contributed by atoms with Crippen LogP contribution in [0.15, 0.2) is 36.5 Å². The summed E-state index contributed by atoms with van der Waals surface area (Å²) < 4.78 is 5.50. The number of anilines is 1. The molecule has 3 nitrogen and oxygen atoms in total. The Kier molecular flexibility index (Phi) is 3.94. The lowest BCUT2D eigenvalue weighted by molar-refractivity contribution is 0.0855. The quantitative estimate of drug-likeness (QED) is 0.857. The average molecular weight is 230 g/mol. The lowest BCUT2D eigenvalue weighted by Gasteiger charge is -2.14. The van der Waals surface area contributed by atoms with E-state index in [4.69, 9.17) is 4.74 Å². The summed E-state index contributed by atoms with van der Waals surface area (Å²) in [6, 6.07) is 10.1. The van der Waals surface area contributed by atoms with Gasteiger partial charge in [-0.1, -0.05) is 18.2 Å². The molecule has 0 aliphatic heterocycles. The van der Waals surface area contributed by atoms with Gasteiger partial charge in [0.1, 0.15) is 0 Å². The molecule has 0 radical (unpaired) electrons. The molecule has 3 heteroatoms. The highest BCUT2D eigenvalue weighted by Crippen LogP contribution is 2.20. The molecule has 0 saturated heterocycles. The molecule has 2 aromatic rings. The van der Waals surface area contributed by atoms with E-state index in [1.54, 1.807) is 0 Å². The fraction of sp³-hybridized carbons (Fsp3) is 0.357. The summed E-state index contributed by atoms with van der Waals surface area (Å²) in [4.78, 5) is 4.33. The van der Waals surface area contributed by atoms with Gasteiger partial charge < -0.3 is 10.1 Å². The van der Waals surface area contributed by atoms with Crippen LogP contribution < -0.4 is 5.32 Å². The Morgan fingerprint density at radius 2 is 2.12 bits per heavy atom. The summed E-state index contributed by atoms with van der Waals surface area (Å²) in [5.74, 6) is 0. The van der Waals surface area contributed by atoms with Crippen molar-refractivity contribution in [1.29, 1.82) is 0 Å². The van der Waals surface area contributed by atoms with Crippen molar-refractivity contribution in [2.45, 2.75) is 20.0 Å². The molecule has 17 heavy (non-hydrogen) atoms. The fourth-order valence-electron chi connectivity index (χ4n) is 1.85. The van der Waals surface area contributed by atoms with Crippen molar-refractivity contribution in [3.05, 3.63) is 36.5 Å². The van der Waals surface area contributed by atoms with Gasteiger partial charge in [0.2, 0.25) is 0 Å². The van der Waals surface area contributed by atoms with Gasteiger partial charge in [0, 0.05) is 30.4 Å². The first kappa shape index (κ1) is 11.9. The summed E-state index contributed by atoms with van der Waals surface area (Å²) in [5, 5.41) is 4.56. The summed E-state index contributed by atoms with van der Waals surface area (Å²) in [7, 11) is 0.